The molecule has 0 saturated heterocycles. The van der Waals surface area contributed by atoms with Gasteiger partial charge in [0, 0.05) is 11.8 Å². The average Bonchev–Trinajstić information content (AvgIpc) is 2.68. The second kappa shape index (κ2) is 14.2. The molecule has 2 aliphatic rings. The molecule has 0 spiro atoms. The van der Waals surface area contributed by atoms with Crippen LogP contribution in [0.3, 0.4) is 0 Å². The van der Waals surface area contributed by atoms with E-state index in [9.17, 15) is 10.2 Å². The second-order valence-corrected chi connectivity index (χ2v) is 8.65. The second-order valence-electron chi connectivity index (χ2n) is 8.65. The number of hydrogen-bond donors (Lipinski definition) is 2. The molecular formula is C24H42O3. The SMILES string of the molecule is OC1CCCCCCCCC1C=COC=CC1CCCCCCCCC1O. The fourth-order valence-corrected chi connectivity index (χ4v) is 4.48. The van der Waals surface area contributed by atoms with Crippen LogP contribution in [0, 0.1) is 11.8 Å². The third-order valence-electron chi connectivity index (χ3n) is 6.37. The lowest BCUT2D eigenvalue weighted by Gasteiger charge is -2.21. The summed E-state index contributed by atoms with van der Waals surface area (Å²) in [7, 11) is 0. The van der Waals surface area contributed by atoms with E-state index in [1.54, 1.807) is 12.5 Å². The van der Waals surface area contributed by atoms with Crippen LogP contribution in [-0.2, 0) is 4.74 Å². The Kier molecular flexibility index (Phi) is 11.9. The molecule has 2 N–H and O–H groups in total. The van der Waals surface area contributed by atoms with Crippen molar-refractivity contribution >= 4 is 0 Å². The molecule has 2 saturated carbocycles. The predicted molar refractivity (Wildman–Crippen MR) is 112 cm³/mol. The van der Waals surface area contributed by atoms with Crippen LogP contribution in [0.5, 0.6) is 0 Å². The van der Waals surface area contributed by atoms with Gasteiger partial charge in [-0.1, -0.05) is 77.0 Å². The molecule has 0 aromatic rings. The normalized spacial score (nSPS) is 33.1. The molecule has 0 aromatic carbocycles. The minimum absolute atomic E-state index is 0.204. The summed E-state index contributed by atoms with van der Waals surface area (Å²) in [5.74, 6) is 0.409. The molecule has 3 heteroatoms. The molecule has 4 unspecified atom stereocenters. The third kappa shape index (κ3) is 9.80. The Balaban J connectivity index is 1.78. The van der Waals surface area contributed by atoms with Crippen molar-refractivity contribution in [1.29, 1.82) is 0 Å². The van der Waals surface area contributed by atoms with Gasteiger partial charge in [0.1, 0.15) is 0 Å². The highest BCUT2D eigenvalue weighted by molar-refractivity contribution is 4.92. The van der Waals surface area contributed by atoms with Gasteiger partial charge < -0.3 is 14.9 Å². The summed E-state index contributed by atoms with van der Waals surface area (Å²) in [5, 5.41) is 20.9. The van der Waals surface area contributed by atoms with E-state index in [0.29, 0.717) is 0 Å². The molecule has 0 bridgehead atoms. The molecule has 0 heterocycles. The van der Waals surface area contributed by atoms with Gasteiger partial charge in [0.15, 0.2) is 0 Å². The summed E-state index contributed by atoms with van der Waals surface area (Å²) < 4.78 is 5.61. The minimum Gasteiger partial charge on any atom is -0.473 e. The highest BCUT2D eigenvalue weighted by atomic mass is 16.5. The molecule has 156 valence electrons. The van der Waals surface area contributed by atoms with E-state index in [2.05, 4.69) is 0 Å². The van der Waals surface area contributed by atoms with E-state index in [-0.39, 0.29) is 24.0 Å². The standard InChI is InChI=1S/C24H42O3/c25-23-15-11-7-3-1-5-9-13-21(23)17-19-27-20-18-22-14-10-6-2-4-8-12-16-24(22)26/h17-26H,1-16H2. The lowest BCUT2D eigenvalue weighted by molar-refractivity contribution is 0.108. The third-order valence-corrected chi connectivity index (χ3v) is 6.37. The van der Waals surface area contributed by atoms with Gasteiger partial charge in [-0.3, -0.25) is 0 Å². The first-order valence-corrected chi connectivity index (χ1v) is 11.6. The summed E-state index contributed by atoms with van der Waals surface area (Å²) in [6.45, 7) is 0. The van der Waals surface area contributed by atoms with Crippen molar-refractivity contribution in [2.75, 3.05) is 0 Å². The van der Waals surface area contributed by atoms with Crippen LogP contribution < -0.4 is 0 Å². The number of aliphatic hydroxyl groups excluding tert-OH is 2. The van der Waals surface area contributed by atoms with Crippen LogP contribution in [-0.4, -0.2) is 22.4 Å². The lowest BCUT2D eigenvalue weighted by atomic mass is 9.90. The number of rotatable bonds is 4. The van der Waals surface area contributed by atoms with Crippen LogP contribution in [0.15, 0.2) is 24.7 Å². The van der Waals surface area contributed by atoms with E-state index in [0.717, 1.165) is 38.5 Å². The zero-order chi connectivity index (χ0) is 19.2. The first kappa shape index (κ1) is 22.5. The Bertz CT molecular complexity index is 380. The summed E-state index contributed by atoms with van der Waals surface area (Å²) in [6.07, 6.45) is 25.9. The molecule has 2 rings (SSSR count). The van der Waals surface area contributed by atoms with Gasteiger partial charge >= 0.3 is 0 Å². The van der Waals surface area contributed by atoms with Gasteiger partial charge in [0.05, 0.1) is 24.7 Å². The smallest absolute Gasteiger partial charge is 0.0865 e. The summed E-state index contributed by atoms with van der Waals surface area (Å²) >= 11 is 0. The maximum Gasteiger partial charge on any atom is 0.0865 e. The van der Waals surface area contributed by atoms with Crippen molar-refractivity contribution in [2.24, 2.45) is 11.8 Å². The van der Waals surface area contributed by atoms with Crippen LogP contribution in [0.2, 0.25) is 0 Å². The van der Waals surface area contributed by atoms with Crippen LogP contribution in [0.4, 0.5) is 0 Å². The molecular weight excluding hydrogens is 336 g/mol. The monoisotopic (exact) mass is 378 g/mol. The molecule has 4 atom stereocenters. The molecule has 2 aliphatic carbocycles. The van der Waals surface area contributed by atoms with Crippen molar-refractivity contribution < 1.29 is 14.9 Å². The quantitative estimate of drug-likeness (QED) is 0.568. The predicted octanol–water partition coefficient (Wildman–Crippen LogP) is 6.25. The summed E-state index contributed by atoms with van der Waals surface area (Å²) in [5.41, 5.74) is 0. The summed E-state index contributed by atoms with van der Waals surface area (Å²) in [6, 6.07) is 0. The van der Waals surface area contributed by atoms with Crippen LogP contribution in [0.25, 0.3) is 0 Å². The van der Waals surface area contributed by atoms with Crippen molar-refractivity contribution in [1.82, 2.24) is 0 Å². The zero-order valence-corrected chi connectivity index (χ0v) is 17.2. The Morgan fingerprint density at radius 1 is 0.481 bits per heavy atom. The first-order valence-electron chi connectivity index (χ1n) is 11.6. The number of aliphatic hydroxyl groups is 2. The van der Waals surface area contributed by atoms with Gasteiger partial charge in [0.25, 0.3) is 0 Å². The van der Waals surface area contributed by atoms with E-state index < -0.39 is 0 Å². The fourth-order valence-electron chi connectivity index (χ4n) is 4.48. The fraction of sp³-hybridized carbons (Fsp3) is 0.833. The maximum atomic E-state index is 10.4. The van der Waals surface area contributed by atoms with Crippen LogP contribution >= 0.6 is 0 Å². The van der Waals surface area contributed by atoms with Gasteiger partial charge in [-0.15, -0.1) is 0 Å². The van der Waals surface area contributed by atoms with Crippen LogP contribution in [0.1, 0.15) is 103 Å². The Morgan fingerprint density at radius 2 is 0.815 bits per heavy atom. The largest absolute Gasteiger partial charge is 0.473 e. The molecule has 0 aromatic heterocycles. The van der Waals surface area contributed by atoms with E-state index in [1.807, 2.05) is 12.2 Å². The highest BCUT2D eigenvalue weighted by Gasteiger charge is 2.18. The highest BCUT2D eigenvalue weighted by Crippen LogP contribution is 2.24. The molecule has 3 nitrogen and oxygen atoms in total. The van der Waals surface area contributed by atoms with Gasteiger partial charge in [-0.25, -0.2) is 0 Å². The lowest BCUT2D eigenvalue weighted by Crippen LogP contribution is -2.19. The average molecular weight is 379 g/mol. The molecule has 2 fully saturated rings. The van der Waals surface area contributed by atoms with Gasteiger partial charge in [-0.2, -0.15) is 0 Å². The van der Waals surface area contributed by atoms with E-state index >= 15 is 0 Å². The molecule has 0 radical (unpaired) electrons. The Labute approximate surface area is 166 Å². The molecule has 0 aliphatic heterocycles. The molecule has 27 heavy (non-hydrogen) atoms. The van der Waals surface area contributed by atoms with Crippen molar-refractivity contribution in [3.8, 4) is 0 Å². The number of ether oxygens (including phenoxy) is 1. The van der Waals surface area contributed by atoms with Crippen molar-refractivity contribution in [3.63, 3.8) is 0 Å². The Morgan fingerprint density at radius 3 is 1.22 bits per heavy atom. The number of hydrogen-bond acceptors (Lipinski definition) is 3. The van der Waals surface area contributed by atoms with Crippen molar-refractivity contribution in [3.05, 3.63) is 24.7 Å². The zero-order valence-electron chi connectivity index (χ0n) is 17.2. The minimum atomic E-state index is -0.243. The van der Waals surface area contributed by atoms with E-state index in [4.69, 9.17) is 4.74 Å². The molecule has 0 amide bonds. The summed E-state index contributed by atoms with van der Waals surface area (Å²) in [4.78, 5) is 0. The van der Waals surface area contributed by atoms with Gasteiger partial charge in [-0.05, 0) is 37.8 Å². The Hall–Kier alpha value is -0.800. The maximum absolute atomic E-state index is 10.4. The van der Waals surface area contributed by atoms with Crippen molar-refractivity contribution in [2.45, 2.75) is 115 Å². The first-order chi connectivity index (χ1) is 13.3. The van der Waals surface area contributed by atoms with Gasteiger partial charge in [0.2, 0.25) is 0 Å². The van der Waals surface area contributed by atoms with E-state index in [1.165, 1.54) is 64.2 Å². The topological polar surface area (TPSA) is 49.7 Å².